The van der Waals surface area contributed by atoms with E-state index in [0.29, 0.717) is 18.5 Å². The van der Waals surface area contributed by atoms with E-state index in [4.69, 9.17) is 11.6 Å². The Morgan fingerprint density at radius 3 is 2.34 bits per heavy atom. The number of piperidine rings is 1. The van der Waals surface area contributed by atoms with Crippen LogP contribution in [0.5, 0.6) is 0 Å². The van der Waals surface area contributed by atoms with Crippen LogP contribution in [-0.4, -0.2) is 71.2 Å². The van der Waals surface area contributed by atoms with Gasteiger partial charge in [-0.05, 0) is 66.1 Å². The van der Waals surface area contributed by atoms with E-state index in [1.54, 1.807) is 10.5 Å². The van der Waals surface area contributed by atoms with E-state index in [1.807, 2.05) is 24.3 Å². The summed E-state index contributed by atoms with van der Waals surface area (Å²) >= 11 is 6.09. The Morgan fingerprint density at radius 2 is 1.61 bits per heavy atom. The van der Waals surface area contributed by atoms with Crippen molar-refractivity contribution in [3.63, 3.8) is 0 Å². The first kappa shape index (κ1) is 25.3. The predicted molar refractivity (Wildman–Crippen MR) is 146 cm³/mol. The number of nitrogens with one attached hydrogen (secondary N) is 1. The maximum atomic E-state index is 13.0. The number of imide groups is 1. The molecule has 1 atom stereocenters. The highest BCUT2D eigenvalue weighted by Crippen LogP contribution is 2.35. The van der Waals surface area contributed by atoms with Crippen molar-refractivity contribution in [3.8, 4) is 0 Å². The number of rotatable bonds is 6. The van der Waals surface area contributed by atoms with Crippen molar-refractivity contribution in [1.29, 1.82) is 0 Å². The lowest BCUT2D eigenvalue weighted by Gasteiger charge is -2.35. The molecular formula is C30H33ClN4O3. The third-order valence-electron chi connectivity index (χ3n) is 8.40. The van der Waals surface area contributed by atoms with Gasteiger partial charge in [0.2, 0.25) is 11.8 Å². The van der Waals surface area contributed by atoms with Crippen LogP contribution in [0.1, 0.15) is 59.2 Å². The summed E-state index contributed by atoms with van der Waals surface area (Å²) in [7, 11) is 0. The maximum absolute atomic E-state index is 13.0. The van der Waals surface area contributed by atoms with Gasteiger partial charge in [-0.25, -0.2) is 0 Å². The molecule has 1 N–H and O–H groups in total. The van der Waals surface area contributed by atoms with Gasteiger partial charge in [-0.2, -0.15) is 0 Å². The molecule has 0 saturated carbocycles. The molecule has 1 unspecified atom stereocenters. The van der Waals surface area contributed by atoms with Crippen LogP contribution in [-0.2, 0) is 22.7 Å². The summed E-state index contributed by atoms with van der Waals surface area (Å²) in [6.45, 7) is 6.45. The second-order valence-electron chi connectivity index (χ2n) is 10.9. The van der Waals surface area contributed by atoms with Crippen LogP contribution < -0.4 is 5.32 Å². The lowest BCUT2D eigenvalue weighted by atomic mass is 10.0. The Labute approximate surface area is 228 Å². The van der Waals surface area contributed by atoms with Gasteiger partial charge in [0.1, 0.15) is 6.04 Å². The van der Waals surface area contributed by atoms with Crippen LogP contribution in [0.2, 0.25) is 5.02 Å². The standard InChI is InChI=1S/C30H33ClN4O3/c31-24-7-5-21(6-8-24)25-3-1-2-22(25)18-34-14-12-33(13-15-34)17-20-4-9-26-23(16-20)19-35(30(26)38)27-10-11-28(36)32-29(27)37/h4-9,16,27H,1-3,10-15,17-19H2,(H,32,36,37). The molecule has 198 valence electrons. The van der Waals surface area contributed by atoms with Crippen LogP contribution in [0, 0.1) is 0 Å². The number of fused-ring (bicyclic) bond motifs is 1. The van der Waals surface area contributed by atoms with Crippen molar-refractivity contribution in [2.24, 2.45) is 0 Å². The number of carbonyl (C=O) groups is 3. The average Bonchev–Trinajstić information content (AvgIpc) is 3.50. The normalized spacial score (nSPS) is 22.8. The third kappa shape index (κ3) is 5.15. The number of carbonyl (C=O) groups excluding carboxylic acids is 3. The second kappa shape index (κ2) is 10.6. The molecule has 0 radical (unpaired) electrons. The quantitative estimate of drug-likeness (QED) is 0.572. The first-order valence-electron chi connectivity index (χ1n) is 13.6. The minimum atomic E-state index is -0.570. The Kier molecular flexibility index (Phi) is 7.08. The summed E-state index contributed by atoms with van der Waals surface area (Å²) in [5.41, 5.74) is 7.22. The summed E-state index contributed by atoms with van der Waals surface area (Å²) in [6.07, 6.45) is 4.22. The maximum Gasteiger partial charge on any atom is 0.255 e. The van der Waals surface area contributed by atoms with Gasteiger partial charge < -0.3 is 4.90 Å². The monoisotopic (exact) mass is 532 g/mol. The van der Waals surface area contributed by atoms with Gasteiger partial charge >= 0.3 is 0 Å². The summed E-state index contributed by atoms with van der Waals surface area (Å²) in [5.74, 6) is -0.747. The molecular weight excluding hydrogens is 500 g/mol. The summed E-state index contributed by atoms with van der Waals surface area (Å²) < 4.78 is 0. The zero-order valence-corrected chi connectivity index (χ0v) is 22.3. The molecule has 2 saturated heterocycles. The molecule has 0 aromatic heterocycles. The lowest BCUT2D eigenvalue weighted by Crippen LogP contribution is -2.52. The van der Waals surface area contributed by atoms with E-state index in [9.17, 15) is 14.4 Å². The zero-order valence-electron chi connectivity index (χ0n) is 21.5. The van der Waals surface area contributed by atoms with E-state index in [-0.39, 0.29) is 24.1 Å². The number of halogens is 1. The number of nitrogens with zero attached hydrogens (tertiary/aromatic N) is 3. The molecule has 6 rings (SSSR count). The first-order valence-corrected chi connectivity index (χ1v) is 14.0. The summed E-state index contributed by atoms with van der Waals surface area (Å²) in [5, 5.41) is 3.15. The van der Waals surface area contributed by atoms with Gasteiger partial charge in [-0.3, -0.25) is 29.5 Å². The smallest absolute Gasteiger partial charge is 0.255 e. The Bertz CT molecular complexity index is 1300. The van der Waals surface area contributed by atoms with E-state index in [2.05, 4.69) is 33.3 Å². The highest BCUT2D eigenvalue weighted by atomic mass is 35.5. The molecule has 2 fully saturated rings. The molecule has 3 amide bonds. The predicted octanol–water partition coefficient (Wildman–Crippen LogP) is 3.86. The number of benzene rings is 2. The molecule has 0 bridgehead atoms. The van der Waals surface area contributed by atoms with Crippen LogP contribution >= 0.6 is 11.6 Å². The molecule has 3 aliphatic heterocycles. The first-order chi connectivity index (χ1) is 18.4. The SMILES string of the molecule is O=C1CCC(N2Cc3cc(CN4CCN(CC5=C(c6ccc(Cl)cc6)CCC5)CC4)ccc3C2=O)C(=O)N1. The fraction of sp³-hybridized carbons (Fsp3) is 0.433. The highest BCUT2D eigenvalue weighted by molar-refractivity contribution is 6.30. The van der Waals surface area contributed by atoms with E-state index in [1.165, 1.54) is 29.5 Å². The molecule has 1 aliphatic carbocycles. The van der Waals surface area contributed by atoms with E-state index < -0.39 is 6.04 Å². The Morgan fingerprint density at radius 1 is 0.868 bits per heavy atom. The topological polar surface area (TPSA) is 73.0 Å². The van der Waals surface area contributed by atoms with Crippen molar-refractivity contribution in [1.82, 2.24) is 20.0 Å². The molecule has 7 nitrogen and oxygen atoms in total. The van der Waals surface area contributed by atoms with Crippen molar-refractivity contribution in [3.05, 3.63) is 75.3 Å². The van der Waals surface area contributed by atoms with Gasteiger partial charge in [0.05, 0.1) is 0 Å². The summed E-state index contributed by atoms with van der Waals surface area (Å²) in [4.78, 5) is 43.5. The van der Waals surface area contributed by atoms with Gasteiger partial charge in [-0.1, -0.05) is 41.4 Å². The van der Waals surface area contributed by atoms with Crippen LogP contribution in [0.4, 0.5) is 0 Å². The molecule has 8 heteroatoms. The Balaban J connectivity index is 1.04. The second-order valence-corrected chi connectivity index (χ2v) is 11.3. The van der Waals surface area contributed by atoms with Crippen LogP contribution in [0.25, 0.3) is 5.57 Å². The van der Waals surface area contributed by atoms with Crippen LogP contribution in [0.15, 0.2) is 48.0 Å². The van der Waals surface area contributed by atoms with Crippen molar-refractivity contribution in [2.75, 3.05) is 32.7 Å². The third-order valence-corrected chi connectivity index (χ3v) is 8.65. The van der Waals surface area contributed by atoms with Gasteiger partial charge in [0.15, 0.2) is 0 Å². The average molecular weight is 533 g/mol. The van der Waals surface area contributed by atoms with Gasteiger partial charge in [0, 0.05) is 62.8 Å². The van der Waals surface area contributed by atoms with Crippen LogP contribution in [0.3, 0.4) is 0 Å². The molecule has 2 aromatic carbocycles. The highest BCUT2D eigenvalue weighted by Gasteiger charge is 2.39. The van der Waals surface area contributed by atoms with E-state index >= 15 is 0 Å². The molecule has 4 aliphatic rings. The number of allylic oxidation sites excluding steroid dienone is 1. The van der Waals surface area contributed by atoms with Gasteiger partial charge in [-0.15, -0.1) is 0 Å². The number of hydrogen-bond acceptors (Lipinski definition) is 5. The van der Waals surface area contributed by atoms with Crippen molar-refractivity contribution >= 4 is 34.9 Å². The van der Waals surface area contributed by atoms with Crippen molar-refractivity contribution in [2.45, 2.75) is 51.2 Å². The minimum Gasteiger partial charge on any atom is -0.322 e. The lowest BCUT2D eigenvalue weighted by molar-refractivity contribution is -0.136. The Hall–Kier alpha value is -3.00. The zero-order chi connectivity index (χ0) is 26.2. The molecule has 38 heavy (non-hydrogen) atoms. The molecule has 3 heterocycles. The number of amides is 3. The van der Waals surface area contributed by atoms with Gasteiger partial charge in [0.25, 0.3) is 5.91 Å². The number of hydrogen-bond donors (Lipinski definition) is 1. The fourth-order valence-electron chi connectivity index (χ4n) is 6.34. The summed E-state index contributed by atoms with van der Waals surface area (Å²) in [6, 6.07) is 13.8. The van der Waals surface area contributed by atoms with E-state index in [0.717, 1.165) is 56.3 Å². The fourth-order valence-corrected chi connectivity index (χ4v) is 6.47. The molecule has 2 aromatic rings. The minimum absolute atomic E-state index is 0.117. The molecule has 0 spiro atoms. The van der Waals surface area contributed by atoms with Crippen molar-refractivity contribution < 1.29 is 14.4 Å². The largest absolute Gasteiger partial charge is 0.322 e. The number of piperazine rings is 1.